The molecule has 0 N–H and O–H groups in total. The van der Waals surface area contributed by atoms with Gasteiger partial charge in [-0.15, -0.1) is 0 Å². The van der Waals surface area contributed by atoms with E-state index in [0.29, 0.717) is 22.3 Å². The zero-order chi connectivity index (χ0) is 14.5. The second-order valence-electron chi connectivity index (χ2n) is 3.83. The number of aromatic nitrogens is 1. The summed E-state index contributed by atoms with van der Waals surface area (Å²) in [6.07, 6.45) is 0. The summed E-state index contributed by atoms with van der Waals surface area (Å²) in [6.45, 7) is 0.189. The third kappa shape index (κ3) is 3.36. The van der Waals surface area contributed by atoms with E-state index in [-0.39, 0.29) is 12.3 Å². The molecule has 104 valence electrons. The number of rotatable bonds is 5. The Kier molecular flexibility index (Phi) is 4.37. The standard InChI is InChI=1S/C13H11ClN2O4/c1-19-12-7-10(16(17)18)5-6-11(12)20-8-9-3-2-4-13(14)15-9/h2-7H,8H2,1H3. The van der Waals surface area contributed by atoms with Gasteiger partial charge in [0.2, 0.25) is 0 Å². The fourth-order valence-electron chi connectivity index (χ4n) is 1.57. The molecule has 0 aliphatic carbocycles. The first-order valence-electron chi connectivity index (χ1n) is 5.67. The van der Waals surface area contributed by atoms with Crippen molar-refractivity contribution in [1.82, 2.24) is 4.98 Å². The van der Waals surface area contributed by atoms with Crippen LogP contribution in [0.1, 0.15) is 5.69 Å². The minimum atomic E-state index is -0.495. The average molecular weight is 295 g/mol. The normalized spacial score (nSPS) is 10.1. The molecule has 1 heterocycles. The van der Waals surface area contributed by atoms with Crippen LogP contribution >= 0.6 is 11.6 Å². The number of hydrogen-bond donors (Lipinski definition) is 0. The zero-order valence-electron chi connectivity index (χ0n) is 10.6. The second-order valence-corrected chi connectivity index (χ2v) is 4.22. The van der Waals surface area contributed by atoms with Gasteiger partial charge in [-0.3, -0.25) is 10.1 Å². The van der Waals surface area contributed by atoms with Crippen LogP contribution in [0.5, 0.6) is 11.5 Å². The molecule has 1 aromatic carbocycles. The predicted octanol–water partition coefficient (Wildman–Crippen LogP) is 3.23. The van der Waals surface area contributed by atoms with E-state index in [1.54, 1.807) is 18.2 Å². The summed E-state index contributed by atoms with van der Waals surface area (Å²) in [5, 5.41) is 11.1. The van der Waals surface area contributed by atoms with Crippen LogP contribution in [-0.2, 0) is 6.61 Å². The van der Waals surface area contributed by atoms with Crippen molar-refractivity contribution < 1.29 is 14.4 Å². The molecule has 0 unspecified atom stereocenters. The van der Waals surface area contributed by atoms with Crippen LogP contribution in [0.15, 0.2) is 36.4 Å². The smallest absolute Gasteiger partial charge is 0.273 e. The minimum Gasteiger partial charge on any atom is -0.493 e. The maximum absolute atomic E-state index is 10.7. The van der Waals surface area contributed by atoms with Crippen molar-refractivity contribution in [1.29, 1.82) is 0 Å². The molecule has 0 aliphatic rings. The highest BCUT2D eigenvalue weighted by molar-refractivity contribution is 6.29. The van der Waals surface area contributed by atoms with E-state index >= 15 is 0 Å². The summed E-state index contributed by atoms with van der Waals surface area (Å²) < 4.78 is 10.6. The fourth-order valence-corrected chi connectivity index (χ4v) is 1.75. The summed E-state index contributed by atoms with van der Waals surface area (Å²) in [7, 11) is 1.42. The Balaban J connectivity index is 2.15. The molecule has 0 aliphatic heterocycles. The Labute approximate surface area is 120 Å². The van der Waals surface area contributed by atoms with Crippen molar-refractivity contribution >= 4 is 17.3 Å². The van der Waals surface area contributed by atoms with Gasteiger partial charge in [0, 0.05) is 6.07 Å². The Morgan fingerprint density at radius 2 is 2.10 bits per heavy atom. The molecule has 0 fully saturated rings. The lowest BCUT2D eigenvalue weighted by Crippen LogP contribution is -2.00. The monoisotopic (exact) mass is 294 g/mol. The van der Waals surface area contributed by atoms with Crippen LogP contribution in [-0.4, -0.2) is 17.0 Å². The molecule has 7 heteroatoms. The quantitative estimate of drug-likeness (QED) is 0.481. The highest BCUT2D eigenvalue weighted by Crippen LogP contribution is 2.31. The number of nitro benzene ring substituents is 1. The number of methoxy groups -OCH3 is 1. The van der Waals surface area contributed by atoms with E-state index in [1.165, 1.54) is 25.3 Å². The average Bonchev–Trinajstić information content (AvgIpc) is 2.45. The number of hydrogen-bond acceptors (Lipinski definition) is 5. The lowest BCUT2D eigenvalue weighted by Gasteiger charge is -2.10. The lowest BCUT2D eigenvalue weighted by molar-refractivity contribution is -0.385. The number of ether oxygens (including phenoxy) is 2. The molecule has 0 spiro atoms. The number of benzene rings is 1. The number of pyridine rings is 1. The Morgan fingerprint density at radius 3 is 2.75 bits per heavy atom. The third-order valence-electron chi connectivity index (χ3n) is 2.51. The van der Waals surface area contributed by atoms with Crippen LogP contribution in [0.2, 0.25) is 5.15 Å². The van der Waals surface area contributed by atoms with Crippen LogP contribution in [0.3, 0.4) is 0 Å². The highest BCUT2D eigenvalue weighted by Gasteiger charge is 2.12. The van der Waals surface area contributed by atoms with Crippen molar-refractivity contribution in [3.8, 4) is 11.5 Å². The van der Waals surface area contributed by atoms with Gasteiger partial charge in [0.05, 0.1) is 23.8 Å². The molecule has 2 aromatic rings. The summed E-state index contributed by atoms with van der Waals surface area (Å²) >= 11 is 5.77. The lowest BCUT2D eigenvalue weighted by atomic mass is 10.3. The molecule has 2 rings (SSSR count). The molecule has 0 saturated carbocycles. The van der Waals surface area contributed by atoms with Crippen molar-refractivity contribution in [2.24, 2.45) is 0 Å². The molecular weight excluding hydrogens is 284 g/mol. The van der Waals surface area contributed by atoms with Gasteiger partial charge in [-0.1, -0.05) is 17.7 Å². The molecule has 1 aromatic heterocycles. The van der Waals surface area contributed by atoms with E-state index in [0.717, 1.165) is 0 Å². The Hall–Kier alpha value is -2.34. The molecule has 0 atom stereocenters. The molecule has 0 bridgehead atoms. The summed E-state index contributed by atoms with van der Waals surface area (Å²) in [5.74, 6) is 0.695. The Morgan fingerprint density at radius 1 is 1.30 bits per heavy atom. The largest absolute Gasteiger partial charge is 0.493 e. The first-order chi connectivity index (χ1) is 9.60. The van der Waals surface area contributed by atoms with E-state index in [9.17, 15) is 10.1 Å². The highest BCUT2D eigenvalue weighted by atomic mass is 35.5. The third-order valence-corrected chi connectivity index (χ3v) is 2.72. The molecule has 6 nitrogen and oxygen atoms in total. The van der Waals surface area contributed by atoms with Gasteiger partial charge in [0.25, 0.3) is 5.69 Å². The molecular formula is C13H11ClN2O4. The van der Waals surface area contributed by atoms with Gasteiger partial charge in [-0.25, -0.2) is 4.98 Å². The van der Waals surface area contributed by atoms with Crippen molar-refractivity contribution in [2.45, 2.75) is 6.61 Å². The molecule has 20 heavy (non-hydrogen) atoms. The Bertz CT molecular complexity index is 634. The predicted molar refractivity (Wildman–Crippen MR) is 73.2 cm³/mol. The first kappa shape index (κ1) is 14.1. The van der Waals surface area contributed by atoms with Gasteiger partial charge in [0.1, 0.15) is 11.8 Å². The topological polar surface area (TPSA) is 74.5 Å². The van der Waals surface area contributed by atoms with E-state index < -0.39 is 4.92 Å². The maximum atomic E-state index is 10.7. The van der Waals surface area contributed by atoms with Gasteiger partial charge in [0.15, 0.2) is 11.5 Å². The van der Waals surface area contributed by atoms with Crippen molar-refractivity contribution in [2.75, 3.05) is 7.11 Å². The summed E-state index contributed by atoms with van der Waals surface area (Å²) in [5.41, 5.74) is 0.591. The van der Waals surface area contributed by atoms with Crippen molar-refractivity contribution in [3.05, 3.63) is 57.4 Å². The first-order valence-corrected chi connectivity index (χ1v) is 6.04. The van der Waals surface area contributed by atoms with Gasteiger partial charge in [-0.05, 0) is 18.2 Å². The molecule has 0 radical (unpaired) electrons. The van der Waals surface area contributed by atoms with Gasteiger partial charge < -0.3 is 9.47 Å². The van der Waals surface area contributed by atoms with Crippen LogP contribution < -0.4 is 9.47 Å². The molecule has 0 saturated heterocycles. The summed E-state index contributed by atoms with van der Waals surface area (Å²) in [6, 6.07) is 9.34. The second kappa shape index (κ2) is 6.21. The SMILES string of the molecule is COc1cc([N+](=O)[O-])ccc1OCc1cccc(Cl)n1. The number of non-ortho nitro benzene ring substituents is 1. The number of nitrogens with zero attached hydrogens (tertiary/aromatic N) is 2. The van der Waals surface area contributed by atoms with Crippen LogP contribution in [0.25, 0.3) is 0 Å². The molecule has 0 amide bonds. The number of nitro groups is 1. The van der Waals surface area contributed by atoms with Gasteiger partial charge >= 0.3 is 0 Å². The van der Waals surface area contributed by atoms with E-state index in [4.69, 9.17) is 21.1 Å². The van der Waals surface area contributed by atoms with Crippen LogP contribution in [0.4, 0.5) is 5.69 Å². The van der Waals surface area contributed by atoms with E-state index in [1.807, 2.05) is 0 Å². The van der Waals surface area contributed by atoms with E-state index in [2.05, 4.69) is 4.98 Å². The van der Waals surface area contributed by atoms with Gasteiger partial charge in [-0.2, -0.15) is 0 Å². The van der Waals surface area contributed by atoms with Crippen molar-refractivity contribution in [3.63, 3.8) is 0 Å². The van der Waals surface area contributed by atoms with Crippen LogP contribution in [0, 0.1) is 10.1 Å². The zero-order valence-corrected chi connectivity index (χ0v) is 11.3. The number of halogens is 1. The minimum absolute atomic E-state index is 0.0601. The fraction of sp³-hybridized carbons (Fsp3) is 0.154. The summed E-state index contributed by atoms with van der Waals surface area (Å²) in [4.78, 5) is 14.3. The maximum Gasteiger partial charge on any atom is 0.273 e.